The lowest BCUT2D eigenvalue weighted by Crippen LogP contribution is -2.36. The van der Waals surface area contributed by atoms with E-state index in [1.807, 2.05) is 17.0 Å². The summed E-state index contributed by atoms with van der Waals surface area (Å²) < 4.78 is 0. The maximum Gasteiger partial charge on any atom is 0.232 e. The first-order chi connectivity index (χ1) is 12.1. The number of amides is 1. The Balaban J connectivity index is 1.79. The van der Waals surface area contributed by atoms with Gasteiger partial charge in [-0.3, -0.25) is 4.79 Å². The highest BCUT2D eigenvalue weighted by Gasteiger charge is 2.18. The standard InChI is InChI=1S/C20H23N3OS/c1-14(2)15-6-7-18-16(10-15)11-17(12-21)20(22-18)25-13-19(24)23-8-4-3-5-9-23/h6-7,10-11,14H,3-5,8-9,13H2,1-2H3. The van der Waals surface area contributed by atoms with Crippen molar-refractivity contribution in [1.29, 1.82) is 5.26 Å². The molecule has 0 radical (unpaired) electrons. The highest BCUT2D eigenvalue weighted by Crippen LogP contribution is 2.27. The number of nitrogens with zero attached hydrogens (tertiary/aromatic N) is 3. The van der Waals surface area contributed by atoms with Crippen LogP contribution in [0, 0.1) is 11.3 Å². The second-order valence-corrected chi connectivity index (χ2v) is 7.75. The smallest absolute Gasteiger partial charge is 0.232 e. The minimum absolute atomic E-state index is 0.144. The lowest BCUT2D eigenvalue weighted by Gasteiger charge is -2.26. The quantitative estimate of drug-likeness (QED) is 0.768. The van der Waals surface area contributed by atoms with E-state index in [4.69, 9.17) is 0 Å². The van der Waals surface area contributed by atoms with Gasteiger partial charge in [0.25, 0.3) is 0 Å². The molecule has 3 rings (SSSR count). The van der Waals surface area contributed by atoms with Crippen molar-refractivity contribution in [3.8, 4) is 6.07 Å². The number of fused-ring (bicyclic) bond motifs is 1. The van der Waals surface area contributed by atoms with Crippen LogP contribution in [0.25, 0.3) is 10.9 Å². The average molecular weight is 353 g/mol. The first-order valence-electron chi connectivity index (χ1n) is 8.84. The number of carbonyl (C=O) groups is 1. The van der Waals surface area contributed by atoms with E-state index in [0.29, 0.717) is 22.3 Å². The second kappa shape index (κ2) is 7.88. The van der Waals surface area contributed by atoms with Gasteiger partial charge in [-0.15, -0.1) is 0 Å². The van der Waals surface area contributed by atoms with Gasteiger partial charge in [0, 0.05) is 18.5 Å². The number of pyridine rings is 1. The van der Waals surface area contributed by atoms with E-state index in [1.54, 1.807) is 0 Å². The van der Waals surface area contributed by atoms with E-state index < -0.39 is 0 Å². The molecular formula is C20H23N3OS. The summed E-state index contributed by atoms with van der Waals surface area (Å²) in [7, 11) is 0. The van der Waals surface area contributed by atoms with E-state index in [1.165, 1.54) is 23.7 Å². The zero-order chi connectivity index (χ0) is 17.8. The molecule has 2 heterocycles. The van der Waals surface area contributed by atoms with Crippen LogP contribution in [-0.4, -0.2) is 34.6 Å². The summed E-state index contributed by atoms with van der Waals surface area (Å²) in [5.74, 6) is 0.925. The van der Waals surface area contributed by atoms with Crippen molar-refractivity contribution in [2.24, 2.45) is 0 Å². The van der Waals surface area contributed by atoms with Crippen LogP contribution in [0.15, 0.2) is 29.3 Å². The molecule has 0 saturated carbocycles. The van der Waals surface area contributed by atoms with Crippen molar-refractivity contribution < 1.29 is 4.79 Å². The number of piperidine rings is 1. The van der Waals surface area contributed by atoms with Gasteiger partial charge >= 0.3 is 0 Å². The van der Waals surface area contributed by atoms with Gasteiger partial charge in [-0.1, -0.05) is 31.7 Å². The molecule has 1 fully saturated rings. The maximum absolute atomic E-state index is 12.3. The van der Waals surface area contributed by atoms with Crippen LogP contribution in [0.4, 0.5) is 0 Å². The van der Waals surface area contributed by atoms with E-state index >= 15 is 0 Å². The van der Waals surface area contributed by atoms with Gasteiger partial charge in [0.2, 0.25) is 5.91 Å². The highest BCUT2D eigenvalue weighted by atomic mass is 32.2. The number of likely N-dealkylation sites (tertiary alicyclic amines) is 1. The number of carbonyl (C=O) groups excluding carboxylic acids is 1. The first-order valence-corrected chi connectivity index (χ1v) is 9.82. The Morgan fingerprint density at radius 2 is 2.04 bits per heavy atom. The summed E-state index contributed by atoms with van der Waals surface area (Å²) >= 11 is 1.37. The monoisotopic (exact) mass is 353 g/mol. The van der Waals surface area contributed by atoms with Crippen molar-refractivity contribution in [2.75, 3.05) is 18.8 Å². The molecule has 1 aliphatic heterocycles. The second-order valence-electron chi connectivity index (χ2n) is 6.79. The van der Waals surface area contributed by atoms with Gasteiger partial charge in [0.15, 0.2) is 0 Å². The Morgan fingerprint density at radius 3 is 2.72 bits per heavy atom. The number of aromatic nitrogens is 1. The Bertz CT molecular complexity index is 820. The molecule has 0 atom stereocenters. The molecule has 25 heavy (non-hydrogen) atoms. The summed E-state index contributed by atoms with van der Waals surface area (Å²) in [6, 6.07) is 10.3. The van der Waals surface area contributed by atoms with Gasteiger partial charge < -0.3 is 4.90 Å². The number of benzene rings is 1. The van der Waals surface area contributed by atoms with Crippen molar-refractivity contribution in [1.82, 2.24) is 9.88 Å². The molecule has 1 aliphatic rings. The molecule has 0 N–H and O–H groups in total. The van der Waals surface area contributed by atoms with Crippen molar-refractivity contribution in [2.45, 2.75) is 44.1 Å². The minimum Gasteiger partial charge on any atom is -0.342 e. The minimum atomic E-state index is 0.144. The number of hydrogen-bond acceptors (Lipinski definition) is 4. The molecule has 1 saturated heterocycles. The molecule has 130 valence electrons. The van der Waals surface area contributed by atoms with E-state index in [-0.39, 0.29) is 5.91 Å². The summed E-state index contributed by atoms with van der Waals surface area (Å²) in [5, 5.41) is 11.1. The fraction of sp³-hybridized carbons (Fsp3) is 0.450. The Morgan fingerprint density at radius 1 is 1.28 bits per heavy atom. The van der Waals surface area contributed by atoms with E-state index in [2.05, 4.69) is 37.0 Å². The van der Waals surface area contributed by atoms with E-state index in [9.17, 15) is 10.1 Å². The largest absolute Gasteiger partial charge is 0.342 e. The molecule has 1 aromatic carbocycles. The number of rotatable bonds is 4. The van der Waals surface area contributed by atoms with Crippen LogP contribution >= 0.6 is 11.8 Å². The SMILES string of the molecule is CC(C)c1ccc2nc(SCC(=O)N3CCCCC3)c(C#N)cc2c1. The third kappa shape index (κ3) is 4.13. The summed E-state index contributed by atoms with van der Waals surface area (Å²) in [5.41, 5.74) is 2.65. The summed E-state index contributed by atoms with van der Waals surface area (Å²) in [6.45, 7) is 6.01. The molecule has 0 bridgehead atoms. The zero-order valence-electron chi connectivity index (χ0n) is 14.8. The van der Waals surface area contributed by atoms with Crippen LogP contribution < -0.4 is 0 Å². The number of nitriles is 1. The first kappa shape index (κ1) is 17.8. The van der Waals surface area contributed by atoms with E-state index in [0.717, 1.165) is 36.8 Å². The highest BCUT2D eigenvalue weighted by molar-refractivity contribution is 8.00. The van der Waals surface area contributed by atoms with Gasteiger partial charge in [-0.25, -0.2) is 4.98 Å². The Labute approximate surface area is 153 Å². The van der Waals surface area contributed by atoms with Gasteiger partial charge in [-0.2, -0.15) is 5.26 Å². The fourth-order valence-electron chi connectivity index (χ4n) is 3.09. The van der Waals surface area contributed by atoms with Gasteiger partial charge in [0.1, 0.15) is 11.1 Å². The van der Waals surface area contributed by atoms with Crippen LogP contribution in [0.1, 0.15) is 50.2 Å². The molecule has 0 unspecified atom stereocenters. The molecular weight excluding hydrogens is 330 g/mol. The predicted molar refractivity (Wildman–Crippen MR) is 102 cm³/mol. The van der Waals surface area contributed by atoms with Gasteiger partial charge in [-0.05, 0) is 48.9 Å². The lowest BCUT2D eigenvalue weighted by molar-refractivity contribution is -0.129. The molecule has 5 heteroatoms. The Hall–Kier alpha value is -2.06. The summed E-state index contributed by atoms with van der Waals surface area (Å²) in [6.07, 6.45) is 3.39. The molecule has 4 nitrogen and oxygen atoms in total. The predicted octanol–water partition coefficient (Wildman–Crippen LogP) is 4.33. The van der Waals surface area contributed by atoms with Crippen LogP contribution in [0.5, 0.6) is 0 Å². The topological polar surface area (TPSA) is 57.0 Å². The van der Waals surface area contributed by atoms with Crippen molar-refractivity contribution in [3.05, 3.63) is 35.4 Å². The van der Waals surface area contributed by atoms with Crippen LogP contribution in [-0.2, 0) is 4.79 Å². The maximum atomic E-state index is 12.3. The Kier molecular flexibility index (Phi) is 5.60. The van der Waals surface area contributed by atoms with Gasteiger partial charge in [0.05, 0.1) is 16.8 Å². The fourth-order valence-corrected chi connectivity index (χ4v) is 3.96. The molecule has 1 amide bonds. The molecule has 0 aliphatic carbocycles. The number of hydrogen-bond donors (Lipinski definition) is 0. The van der Waals surface area contributed by atoms with Crippen LogP contribution in [0.3, 0.4) is 0 Å². The molecule has 2 aromatic rings. The van der Waals surface area contributed by atoms with Crippen LogP contribution in [0.2, 0.25) is 0 Å². The lowest BCUT2D eigenvalue weighted by atomic mass is 10.0. The third-order valence-corrected chi connectivity index (χ3v) is 5.61. The van der Waals surface area contributed by atoms with Crippen molar-refractivity contribution >= 4 is 28.6 Å². The third-order valence-electron chi connectivity index (χ3n) is 4.63. The molecule has 0 spiro atoms. The normalized spacial score (nSPS) is 14.7. The zero-order valence-corrected chi connectivity index (χ0v) is 15.6. The number of thioether (sulfide) groups is 1. The van der Waals surface area contributed by atoms with Crippen molar-refractivity contribution in [3.63, 3.8) is 0 Å². The summed E-state index contributed by atoms with van der Waals surface area (Å²) in [4.78, 5) is 18.9. The average Bonchev–Trinajstić information content (AvgIpc) is 2.65. The molecule has 1 aromatic heterocycles.